The fourth-order valence-electron chi connectivity index (χ4n) is 2.75. The normalized spacial score (nSPS) is 16.5. The van der Waals surface area contributed by atoms with Crippen molar-refractivity contribution < 1.29 is 14.2 Å². The van der Waals surface area contributed by atoms with Crippen LogP contribution < -0.4 is 15.4 Å². The van der Waals surface area contributed by atoms with Crippen LogP contribution in [0.2, 0.25) is 0 Å². The molecule has 1 unspecified atom stereocenters. The molecule has 0 spiro atoms. The molecule has 6 nitrogen and oxygen atoms in total. The Hall–Kier alpha value is -1.06. The maximum absolute atomic E-state index is 5.79. The zero-order valence-corrected chi connectivity index (χ0v) is 19.6. The predicted molar refractivity (Wildman–Crippen MR) is 125 cm³/mol. The monoisotopic (exact) mass is 505 g/mol. The molecule has 1 aromatic rings. The lowest BCUT2D eigenvalue weighted by molar-refractivity contribution is 0.0420. The molecule has 160 valence electrons. The highest BCUT2D eigenvalue weighted by Gasteiger charge is 2.15. The Morgan fingerprint density at radius 2 is 2.11 bits per heavy atom. The lowest BCUT2D eigenvalue weighted by Gasteiger charge is -2.13. The standard InChI is InChI=1S/C21H35N3O3.HI/c1-3-5-12-26-19-9-6-8-18(15-19)16-24-21(22-4-2)23-11-7-13-27-20-10-14-25-17-20;/h6,8-9,15,20H,3-5,7,10-14,16-17H2,1-2H3,(H2,22,23,24);1H. The second-order valence-corrected chi connectivity index (χ2v) is 6.68. The number of ether oxygens (including phenoxy) is 3. The predicted octanol–water partition coefficient (Wildman–Crippen LogP) is 3.73. The van der Waals surface area contributed by atoms with E-state index < -0.39 is 0 Å². The van der Waals surface area contributed by atoms with E-state index in [2.05, 4.69) is 41.6 Å². The SMILES string of the molecule is CCCCOc1cccc(CN=C(NCC)NCCCOC2CCOC2)c1.I. The molecule has 1 fully saturated rings. The summed E-state index contributed by atoms with van der Waals surface area (Å²) in [5, 5.41) is 6.66. The fourth-order valence-corrected chi connectivity index (χ4v) is 2.75. The van der Waals surface area contributed by atoms with Gasteiger partial charge in [-0.05, 0) is 43.9 Å². The quantitative estimate of drug-likeness (QED) is 0.196. The molecule has 0 aliphatic carbocycles. The van der Waals surface area contributed by atoms with E-state index >= 15 is 0 Å². The zero-order chi connectivity index (χ0) is 19.2. The van der Waals surface area contributed by atoms with E-state index in [-0.39, 0.29) is 30.1 Å². The van der Waals surface area contributed by atoms with Crippen molar-refractivity contribution >= 4 is 29.9 Å². The lowest BCUT2D eigenvalue weighted by Crippen LogP contribution is -2.38. The van der Waals surface area contributed by atoms with Crippen LogP contribution in [-0.4, -0.2) is 51.6 Å². The van der Waals surface area contributed by atoms with Crippen LogP contribution in [0.1, 0.15) is 45.1 Å². The van der Waals surface area contributed by atoms with Gasteiger partial charge in [0.25, 0.3) is 0 Å². The fraction of sp³-hybridized carbons (Fsp3) is 0.667. The Labute approximate surface area is 186 Å². The molecule has 0 saturated carbocycles. The Balaban J connectivity index is 0.00000392. The summed E-state index contributed by atoms with van der Waals surface area (Å²) in [6.07, 6.45) is 4.45. The van der Waals surface area contributed by atoms with E-state index in [1.807, 2.05) is 12.1 Å². The number of nitrogens with zero attached hydrogens (tertiary/aromatic N) is 1. The topological polar surface area (TPSA) is 64.1 Å². The van der Waals surface area contributed by atoms with Crippen molar-refractivity contribution in [3.8, 4) is 5.75 Å². The summed E-state index contributed by atoms with van der Waals surface area (Å²) in [6, 6.07) is 8.18. The molecule has 28 heavy (non-hydrogen) atoms. The van der Waals surface area contributed by atoms with Crippen molar-refractivity contribution in [3.63, 3.8) is 0 Å². The van der Waals surface area contributed by atoms with Crippen LogP contribution >= 0.6 is 24.0 Å². The van der Waals surface area contributed by atoms with Gasteiger partial charge in [-0.3, -0.25) is 0 Å². The third kappa shape index (κ3) is 10.5. The Kier molecular flexibility index (Phi) is 14.1. The third-order valence-corrected chi connectivity index (χ3v) is 4.28. The highest BCUT2D eigenvalue weighted by molar-refractivity contribution is 14.0. The molecule has 1 aromatic carbocycles. The first-order valence-electron chi connectivity index (χ1n) is 10.2. The van der Waals surface area contributed by atoms with Crippen molar-refractivity contribution in [1.29, 1.82) is 0 Å². The van der Waals surface area contributed by atoms with Crippen LogP contribution in [0.4, 0.5) is 0 Å². The molecule has 2 N–H and O–H groups in total. The average Bonchev–Trinajstić information content (AvgIpc) is 3.20. The molecule has 1 heterocycles. The number of unbranched alkanes of at least 4 members (excludes halogenated alkanes) is 1. The van der Waals surface area contributed by atoms with E-state index in [1.54, 1.807) is 0 Å². The van der Waals surface area contributed by atoms with Gasteiger partial charge in [0, 0.05) is 26.3 Å². The van der Waals surface area contributed by atoms with Gasteiger partial charge in [-0.15, -0.1) is 24.0 Å². The number of hydrogen-bond acceptors (Lipinski definition) is 4. The number of hydrogen-bond donors (Lipinski definition) is 2. The number of rotatable bonds is 12. The molecule has 7 heteroatoms. The van der Waals surface area contributed by atoms with Crippen LogP contribution in [0.15, 0.2) is 29.3 Å². The first-order chi connectivity index (χ1) is 13.3. The molecular formula is C21H36IN3O3. The lowest BCUT2D eigenvalue weighted by atomic mass is 10.2. The van der Waals surface area contributed by atoms with E-state index in [0.29, 0.717) is 6.54 Å². The van der Waals surface area contributed by atoms with Gasteiger partial charge in [0.05, 0.1) is 25.9 Å². The summed E-state index contributed by atoms with van der Waals surface area (Å²) in [4.78, 5) is 4.67. The Morgan fingerprint density at radius 1 is 1.21 bits per heavy atom. The van der Waals surface area contributed by atoms with Gasteiger partial charge in [0.2, 0.25) is 0 Å². The summed E-state index contributed by atoms with van der Waals surface area (Å²) >= 11 is 0. The third-order valence-electron chi connectivity index (χ3n) is 4.28. The summed E-state index contributed by atoms with van der Waals surface area (Å²) in [5.41, 5.74) is 1.14. The molecule has 0 radical (unpaired) electrons. The summed E-state index contributed by atoms with van der Waals surface area (Å²) in [5.74, 6) is 1.75. The zero-order valence-electron chi connectivity index (χ0n) is 17.2. The van der Waals surface area contributed by atoms with E-state index in [0.717, 1.165) is 82.5 Å². The van der Waals surface area contributed by atoms with Crippen LogP contribution in [0, 0.1) is 0 Å². The molecule has 1 aliphatic rings. The molecule has 0 aromatic heterocycles. The Bertz CT molecular complexity index is 551. The number of nitrogens with one attached hydrogen (secondary N) is 2. The van der Waals surface area contributed by atoms with Crippen LogP contribution in [0.3, 0.4) is 0 Å². The molecule has 2 rings (SSSR count). The van der Waals surface area contributed by atoms with Crippen molar-refractivity contribution in [3.05, 3.63) is 29.8 Å². The number of halogens is 1. The largest absolute Gasteiger partial charge is 0.494 e. The van der Waals surface area contributed by atoms with E-state index in [1.165, 1.54) is 0 Å². The maximum atomic E-state index is 5.79. The molecule has 0 amide bonds. The molecule has 1 saturated heterocycles. The number of benzene rings is 1. The Morgan fingerprint density at radius 3 is 2.86 bits per heavy atom. The van der Waals surface area contributed by atoms with E-state index in [9.17, 15) is 0 Å². The van der Waals surface area contributed by atoms with Gasteiger partial charge in [-0.2, -0.15) is 0 Å². The van der Waals surface area contributed by atoms with Crippen LogP contribution in [-0.2, 0) is 16.0 Å². The van der Waals surface area contributed by atoms with Crippen LogP contribution in [0.5, 0.6) is 5.75 Å². The van der Waals surface area contributed by atoms with Crippen molar-refractivity contribution in [2.45, 2.75) is 52.2 Å². The van der Waals surface area contributed by atoms with E-state index in [4.69, 9.17) is 14.2 Å². The number of aliphatic imine (C=N–C) groups is 1. The summed E-state index contributed by atoms with van der Waals surface area (Å²) in [6.45, 7) is 9.60. The van der Waals surface area contributed by atoms with Gasteiger partial charge < -0.3 is 24.8 Å². The highest BCUT2D eigenvalue weighted by atomic mass is 127. The first-order valence-corrected chi connectivity index (χ1v) is 10.2. The summed E-state index contributed by atoms with van der Waals surface area (Å²) < 4.78 is 16.9. The van der Waals surface area contributed by atoms with Gasteiger partial charge in [-0.1, -0.05) is 25.5 Å². The van der Waals surface area contributed by atoms with Gasteiger partial charge >= 0.3 is 0 Å². The van der Waals surface area contributed by atoms with Gasteiger partial charge in [0.1, 0.15) is 5.75 Å². The smallest absolute Gasteiger partial charge is 0.191 e. The minimum absolute atomic E-state index is 0. The molecule has 1 aliphatic heterocycles. The van der Waals surface area contributed by atoms with Gasteiger partial charge in [-0.25, -0.2) is 4.99 Å². The van der Waals surface area contributed by atoms with Crippen molar-refractivity contribution in [2.75, 3.05) is 39.5 Å². The average molecular weight is 505 g/mol. The van der Waals surface area contributed by atoms with Crippen LogP contribution in [0.25, 0.3) is 0 Å². The summed E-state index contributed by atoms with van der Waals surface area (Å²) in [7, 11) is 0. The molecular weight excluding hydrogens is 469 g/mol. The minimum atomic E-state index is 0. The highest BCUT2D eigenvalue weighted by Crippen LogP contribution is 2.14. The van der Waals surface area contributed by atoms with Crippen molar-refractivity contribution in [2.24, 2.45) is 4.99 Å². The minimum Gasteiger partial charge on any atom is -0.494 e. The second-order valence-electron chi connectivity index (χ2n) is 6.68. The first kappa shape index (κ1) is 25.0. The maximum Gasteiger partial charge on any atom is 0.191 e. The molecule has 0 bridgehead atoms. The molecule has 1 atom stereocenters. The second kappa shape index (κ2) is 15.8. The van der Waals surface area contributed by atoms with Gasteiger partial charge in [0.15, 0.2) is 5.96 Å². The number of guanidine groups is 1. The van der Waals surface area contributed by atoms with Crippen molar-refractivity contribution in [1.82, 2.24) is 10.6 Å².